The van der Waals surface area contributed by atoms with E-state index in [-0.39, 0.29) is 5.56 Å². The zero-order valence-corrected chi connectivity index (χ0v) is 14.5. The molecule has 0 saturated carbocycles. The van der Waals surface area contributed by atoms with Gasteiger partial charge in [0.25, 0.3) is 11.3 Å². The molecule has 0 amide bonds. The number of rotatable bonds is 5. The second kappa shape index (κ2) is 6.76. The van der Waals surface area contributed by atoms with Crippen LogP contribution in [0.2, 0.25) is 5.02 Å². The van der Waals surface area contributed by atoms with Crippen molar-refractivity contribution in [3.05, 3.63) is 56.5 Å². The fourth-order valence-electron chi connectivity index (χ4n) is 2.37. The molecule has 7 heteroatoms. The number of hydrogen-bond acceptors (Lipinski definition) is 4. The Bertz CT molecular complexity index is 885. The molecule has 3 aromatic rings. The molecular weight excluding hydrogens is 332 g/mol. The molecule has 0 aliphatic carbocycles. The lowest BCUT2D eigenvalue weighted by molar-refractivity contribution is 0.799. The highest BCUT2D eigenvalue weighted by atomic mass is 35.5. The highest BCUT2D eigenvalue weighted by Crippen LogP contribution is 2.21. The van der Waals surface area contributed by atoms with E-state index >= 15 is 0 Å². The number of aromatic nitrogens is 4. The van der Waals surface area contributed by atoms with Crippen LogP contribution in [0, 0.1) is 6.92 Å². The minimum atomic E-state index is -0.0554. The lowest BCUT2D eigenvalue weighted by Crippen LogP contribution is -2.21. The first-order valence-corrected chi connectivity index (χ1v) is 8.80. The molecule has 23 heavy (non-hydrogen) atoms. The van der Waals surface area contributed by atoms with Gasteiger partial charge in [-0.2, -0.15) is 9.50 Å². The van der Waals surface area contributed by atoms with Crippen LogP contribution in [0.1, 0.15) is 30.2 Å². The minimum absolute atomic E-state index is 0.0554. The highest BCUT2D eigenvalue weighted by Gasteiger charge is 2.12. The smallest absolute Gasteiger partial charge is 0.267 e. The molecule has 2 aromatic heterocycles. The van der Waals surface area contributed by atoms with Gasteiger partial charge in [0.2, 0.25) is 0 Å². The molecule has 1 aromatic carbocycles. The molecule has 0 atom stereocenters. The van der Waals surface area contributed by atoms with Crippen LogP contribution in [0.3, 0.4) is 0 Å². The van der Waals surface area contributed by atoms with Crippen LogP contribution in [0.15, 0.2) is 34.2 Å². The molecule has 0 saturated heterocycles. The van der Waals surface area contributed by atoms with Crippen molar-refractivity contribution in [1.82, 2.24) is 19.6 Å². The van der Waals surface area contributed by atoms with Crippen LogP contribution in [0.4, 0.5) is 0 Å². The number of aromatic amines is 1. The molecule has 0 aliphatic rings. The molecule has 3 rings (SSSR count). The van der Waals surface area contributed by atoms with E-state index in [4.69, 9.17) is 11.6 Å². The van der Waals surface area contributed by atoms with E-state index in [2.05, 4.69) is 15.1 Å². The Morgan fingerprint density at radius 2 is 2.00 bits per heavy atom. The molecule has 1 N–H and O–H groups in total. The van der Waals surface area contributed by atoms with Crippen LogP contribution in [0.5, 0.6) is 0 Å². The van der Waals surface area contributed by atoms with E-state index in [1.54, 1.807) is 0 Å². The van der Waals surface area contributed by atoms with Crippen LogP contribution in [0.25, 0.3) is 5.78 Å². The van der Waals surface area contributed by atoms with Crippen molar-refractivity contribution in [1.29, 1.82) is 0 Å². The molecule has 0 spiro atoms. The van der Waals surface area contributed by atoms with Crippen molar-refractivity contribution in [2.45, 2.75) is 37.6 Å². The maximum absolute atomic E-state index is 12.5. The number of benzene rings is 1. The van der Waals surface area contributed by atoms with Gasteiger partial charge in [-0.3, -0.25) is 9.89 Å². The van der Waals surface area contributed by atoms with E-state index in [0.29, 0.717) is 10.9 Å². The van der Waals surface area contributed by atoms with Gasteiger partial charge in [0.15, 0.2) is 5.16 Å². The summed E-state index contributed by atoms with van der Waals surface area (Å²) >= 11 is 7.41. The van der Waals surface area contributed by atoms with Crippen LogP contribution in [-0.4, -0.2) is 19.6 Å². The van der Waals surface area contributed by atoms with Gasteiger partial charge < -0.3 is 0 Å². The Balaban J connectivity index is 1.86. The summed E-state index contributed by atoms with van der Waals surface area (Å²) in [6.45, 7) is 3.91. The van der Waals surface area contributed by atoms with Gasteiger partial charge in [-0.25, -0.2) is 4.98 Å². The van der Waals surface area contributed by atoms with Gasteiger partial charge in [0, 0.05) is 16.3 Å². The van der Waals surface area contributed by atoms with Crippen molar-refractivity contribution in [2.75, 3.05) is 0 Å². The summed E-state index contributed by atoms with van der Waals surface area (Å²) in [5.41, 5.74) is 2.60. The number of fused-ring (bicyclic) bond motifs is 1. The van der Waals surface area contributed by atoms with Crippen molar-refractivity contribution < 1.29 is 0 Å². The van der Waals surface area contributed by atoms with Crippen molar-refractivity contribution in [3.8, 4) is 0 Å². The Hall–Kier alpha value is -1.79. The number of nitrogens with zero attached hydrogens (tertiary/aromatic N) is 3. The summed E-state index contributed by atoms with van der Waals surface area (Å²) in [7, 11) is 0. The summed E-state index contributed by atoms with van der Waals surface area (Å²) in [6, 6.07) is 7.68. The highest BCUT2D eigenvalue weighted by molar-refractivity contribution is 7.98. The maximum Gasteiger partial charge on any atom is 0.277 e. The first-order valence-electron chi connectivity index (χ1n) is 7.44. The molecular formula is C16H17ClN4OS. The number of hydrogen-bond donors (Lipinski definition) is 1. The molecule has 0 radical (unpaired) electrons. The summed E-state index contributed by atoms with van der Waals surface area (Å²) in [6.07, 6.45) is 1.64. The monoisotopic (exact) mass is 348 g/mol. The third-order valence-corrected chi connectivity index (χ3v) is 4.75. The quantitative estimate of drug-likeness (QED) is 0.715. The van der Waals surface area contributed by atoms with Crippen LogP contribution in [-0.2, 0) is 12.2 Å². The third kappa shape index (κ3) is 3.43. The Morgan fingerprint density at radius 1 is 1.26 bits per heavy atom. The predicted molar refractivity (Wildman–Crippen MR) is 93.4 cm³/mol. The number of nitrogens with one attached hydrogen (secondary N) is 1. The Kier molecular flexibility index (Phi) is 4.73. The largest absolute Gasteiger partial charge is 0.277 e. The summed E-state index contributed by atoms with van der Waals surface area (Å²) in [4.78, 5) is 21.3. The lowest BCUT2D eigenvalue weighted by atomic mass is 10.1. The van der Waals surface area contributed by atoms with Crippen LogP contribution < -0.4 is 5.56 Å². The van der Waals surface area contributed by atoms with E-state index in [0.717, 1.165) is 40.4 Å². The first kappa shape index (κ1) is 16.1. The average molecular weight is 349 g/mol. The van der Waals surface area contributed by atoms with Crippen molar-refractivity contribution >= 4 is 29.1 Å². The number of halogens is 1. The van der Waals surface area contributed by atoms with E-state index in [9.17, 15) is 4.79 Å². The Morgan fingerprint density at radius 3 is 2.70 bits per heavy atom. The minimum Gasteiger partial charge on any atom is -0.267 e. The molecule has 5 nitrogen and oxygen atoms in total. The topological polar surface area (TPSA) is 63.1 Å². The van der Waals surface area contributed by atoms with Gasteiger partial charge in [-0.1, -0.05) is 48.8 Å². The zero-order chi connectivity index (χ0) is 16.4. The second-order valence-electron chi connectivity index (χ2n) is 5.31. The second-order valence-corrected chi connectivity index (χ2v) is 6.71. The van der Waals surface area contributed by atoms with Crippen molar-refractivity contribution in [3.63, 3.8) is 0 Å². The average Bonchev–Trinajstić information content (AvgIpc) is 2.94. The standard InChI is InChI=1S/C16H17ClN4OS/c1-3-4-13-10(2)18-15-19-16(20-21(15)14(13)22)23-9-11-5-7-12(17)8-6-11/h5-8H,3-4,9H2,1-2H3,(H,18,19,20). The fraction of sp³-hybridized carbons (Fsp3) is 0.312. The number of H-pyrrole nitrogens is 1. The zero-order valence-electron chi connectivity index (χ0n) is 13.0. The molecule has 0 fully saturated rings. The number of aryl methyl sites for hydroxylation is 1. The predicted octanol–water partition coefficient (Wildman–Crippen LogP) is 3.62. The summed E-state index contributed by atoms with van der Waals surface area (Å²) in [5, 5.41) is 4.44. The van der Waals surface area contributed by atoms with Crippen molar-refractivity contribution in [2.24, 2.45) is 0 Å². The van der Waals surface area contributed by atoms with E-state index in [1.807, 2.05) is 38.1 Å². The lowest BCUT2D eigenvalue weighted by Gasteiger charge is -2.02. The van der Waals surface area contributed by atoms with E-state index < -0.39 is 0 Å². The fourth-order valence-corrected chi connectivity index (χ4v) is 3.29. The van der Waals surface area contributed by atoms with Gasteiger partial charge in [0.05, 0.1) is 5.69 Å². The molecule has 0 bridgehead atoms. The number of thioether (sulfide) groups is 1. The van der Waals surface area contributed by atoms with Gasteiger partial charge in [-0.05, 0) is 31.0 Å². The van der Waals surface area contributed by atoms with Crippen LogP contribution >= 0.6 is 23.4 Å². The Labute approximate surface area is 143 Å². The normalized spacial score (nSPS) is 11.3. The van der Waals surface area contributed by atoms with Gasteiger partial charge in [0.1, 0.15) is 0 Å². The molecule has 2 heterocycles. The molecule has 120 valence electrons. The van der Waals surface area contributed by atoms with E-state index in [1.165, 1.54) is 16.3 Å². The SMILES string of the molecule is CCCc1c(C)nc2nc(SCc3ccc(Cl)cc3)[nH]n2c1=O. The summed E-state index contributed by atoms with van der Waals surface area (Å²) in [5.74, 6) is 1.16. The first-order chi connectivity index (χ1) is 11.1. The summed E-state index contributed by atoms with van der Waals surface area (Å²) < 4.78 is 1.43. The molecule has 0 aliphatic heterocycles. The van der Waals surface area contributed by atoms with Gasteiger partial charge >= 0.3 is 0 Å². The van der Waals surface area contributed by atoms with Gasteiger partial charge in [-0.15, -0.1) is 0 Å². The maximum atomic E-state index is 12.5. The molecule has 0 unspecified atom stereocenters. The third-order valence-electron chi connectivity index (χ3n) is 3.56.